The fourth-order valence-electron chi connectivity index (χ4n) is 10.1. The van der Waals surface area contributed by atoms with Crippen molar-refractivity contribution in [3.63, 3.8) is 0 Å². The van der Waals surface area contributed by atoms with E-state index < -0.39 is 41.0 Å². The van der Waals surface area contributed by atoms with Crippen LogP contribution in [0.5, 0.6) is 0 Å². The second kappa shape index (κ2) is 9.72. The van der Waals surface area contributed by atoms with Gasteiger partial charge in [-0.15, -0.1) is 0 Å². The number of hydrogen-bond donors (Lipinski definition) is 7. The van der Waals surface area contributed by atoms with Crippen molar-refractivity contribution in [3.05, 3.63) is 0 Å². The highest BCUT2D eigenvalue weighted by Crippen LogP contribution is 2.69. The summed E-state index contributed by atoms with van der Waals surface area (Å²) in [6.45, 7) is 9.83. The Morgan fingerprint density at radius 1 is 1.00 bits per heavy atom. The van der Waals surface area contributed by atoms with Gasteiger partial charge in [-0.3, -0.25) is 0 Å². The van der Waals surface area contributed by atoms with Crippen LogP contribution in [0.3, 0.4) is 0 Å². The van der Waals surface area contributed by atoms with E-state index >= 15 is 0 Å². The van der Waals surface area contributed by atoms with Crippen molar-refractivity contribution in [1.29, 1.82) is 0 Å². The summed E-state index contributed by atoms with van der Waals surface area (Å²) >= 11 is 0. The van der Waals surface area contributed by atoms with Crippen LogP contribution in [0.2, 0.25) is 0 Å². The zero-order chi connectivity index (χ0) is 26.8. The first-order chi connectivity index (χ1) is 16.7. The summed E-state index contributed by atoms with van der Waals surface area (Å²) in [5, 5.41) is 76.3. The maximum Gasteiger partial charge on any atom is 0.0985 e. The molecule has 7 heteroatoms. The van der Waals surface area contributed by atoms with Crippen LogP contribution < -0.4 is 0 Å². The van der Waals surface area contributed by atoms with Gasteiger partial charge in [-0.2, -0.15) is 0 Å². The number of aliphatic hydroxyl groups excluding tert-OH is 5. The van der Waals surface area contributed by atoms with Crippen LogP contribution in [0, 0.1) is 46.3 Å². The first-order valence-corrected chi connectivity index (χ1v) is 14.5. The Morgan fingerprint density at radius 3 is 2.28 bits per heavy atom. The van der Waals surface area contributed by atoms with Crippen molar-refractivity contribution in [2.45, 2.75) is 128 Å². The van der Waals surface area contributed by atoms with Crippen molar-refractivity contribution < 1.29 is 35.7 Å². The minimum Gasteiger partial charge on any atom is -0.393 e. The predicted molar refractivity (Wildman–Crippen MR) is 137 cm³/mol. The molecule has 0 aromatic heterocycles. The number of rotatable bonds is 7. The highest BCUT2D eigenvalue weighted by molar-refractivity contribution is 5.19. The Hall–Kier alpha value is -0.280. The summed E-state index contributed by atoms with van der Waals surface area (Å²) in [5.41, 5.74) is -3.28. The van der Waals surface area contributed by atoms with Gasteiger partial charge >= 0.3 is 0 Å². The Bertz CT molecular complexity index is 790. The number of aliphatic hydroxyl groups is 7. The highest BCUT2D eigenvalue weighted by Gasteiger charge is 2.70. The molecule has 0 heterocycles. The molecule has 36 heavy (non-hydrogen) atoms. The van der Waals surface area contributed by atoms with E-state index in [0.29, 0.717) is 19.3 Å². The van der Waals surface area contributed by atoms with E-state index in [1.807, 2.05) is 6.92 Å². The summed E-state index contributed by atoms with van der Waals surface area (Å²) in [6, 6.07) is 0. The third-order valence-corrected chi connectivity index (χ3v) is 12.3. The topological polar surface area (TPSA) is 142 Å². The van der Waals surface area contributed by atoms with Crippen LogP contribution >= 0.6 is 0 Å². The Balaban J connectivity index is 1.58. The van der Waals surface area contributed by atoms with Crippen LogP contribution in [0.4, 0.5) is 0 Å². The van der Waals surface area contributed by atoms with E-state index in [9.17, 15) is 35.7 Å². The minimum absolute atomic E-state index is 0.000342. The fraction of sp³-hybridized carbons (Fsp3) is 1.00. The van der Waals surface area contributed by atoms with Crippen LogP contribution in [-0.2, 0) is 0 Å². The molecule has 0 saturated heterocycles. The van der Waals surface area contributed by atoms with Crippen molar-refractivity contribution >= 4 is 0 Å². The molecule has 7 N–H and O–H groups in total. The molecule has 0 amide bonds. The van der Waals surface area contributed by atoms with Crippen molar-refractivity contribution in [3.8, 4) is 0 Å². The number of hydrogen-bond acceptors (Lipinski definition) is 7. The van der Waals surface area contributed by atoms with Crippen molar-refractivity contribution in [1.82, 2.24) is 0 Å². The standard InChI is InChI=1S/C29H52O7/c1-6-17(28(5,35)15-30)8-7-16(2)22-24(33)25(34)23-19-13-21(32)29(36)14-18(31)9-12-27(29,4)20(19)10-11-26(22,23)3/h16-25,30-36H,6-15H2,1-5H3/t16-,17-,18?,19-,20+,21?,22+,23-,24?,25?,26-,27-,28?,29?/m1/s1. The zero-order valence-corrected chi connectivity index (χ0v) is 23.0. The molecule has 0 aromatic carbocycles. The Kier molecular flexibility index (Phi) is 7.76. The van der Waals surface area contributed by atoms with Gasteiger partial charge in [0.1, 0.15) is 0 Å². The molecule has 4 aliphatic rings. The summed E-state index contributed by atoms with van der Waals surface area (Å²) in [6.07, 6.45) is 2.53. The fourth-order valence-corrected chi connectivity index (χ4v) is 10.1. The van der Waals surface area contributed by atoms with Gasteiger partial charge in [-0.05, 0) is 92.8 Å². The van der Waals surface area contributed by atoms with Crippen LogP contribution in [0.25, 0.3) is 0 Å². The molecule has 0 aromatic rings. The molecular formula is C29H52O7. The lowest BCUT2D eigenvalue weighted by atomic mass is 9.42. The minimum atomic E-state index is -1.33. The van der Waals surface area contributed by atoms with Gasteiger partial charge in [0.05, 0.1) is 42.2 Å². The highest BCUT2D eigenvalue weighted by atomic mass is 16.4. The van der Waals surface area contributed by atoms with E-state index in [0.717, 1.165) is 32.1 Å². The molecule has 6 unspecified atom stereocenters. The second-order valence-corrected chi connectivity index (χ2v) is 14.0. The van der Waals surface area contributed by atoms with E-state index in [-0.39, 0.29) is 54.0 Å². The van der Waals surface area contributed by atoms with Gasteiger partial charge in [-0.1, -0.05) is 34.1 Å². The zero-order valence-electron chi connectivity index (χ0n) is 23.0. The lowest BCUT2D eigenvalue weighted by Crippen LogP contribution is -2.69. The number of fused-ring (bicyclic) bond motifs is 5. The van der Waals surface area contributed by atoms with E-state index in [1.165, 1.54) is 0 Å². The molecule has 4 saturated carbocycles. The largest absolute Gasteiger partial charge is 0.393 e. The van der Waals surface area contributed by atoms with Gasteiger partial charge in [0.25, 0.3) is 0 Å². The lowest BCUT2D eigenvalue weighted by molar-refractivity contribution is -0.268. The van der Waals surface area contributed by atoms with E-state index in [2.05, 4.69) is 20.8 Å². The summed E-state index contributed by atoms with van der Waals surface area (Å²) in [4.78, 5) is 0. The third-order valence-electron chi connectivity index (χ3n) is 12.3. The molecule has 0 aliphatic heterocycles. The van der Waals surface area contributed by atoms with E-state index in [1.54, 1.807) is 6.92 Å². The quantitative estimate of drug-likeness (QED) is 0.277. The first-order valence-electron chi connectivity index (χ1n) is 14.5. The molecular weight excluding hydrogens is 460 g/mol. The smallest absolute Gasteiger partial charge is 0.0985 e. The summed E-state index contributed by atoms with van der Waals surface area (Å²) in [5.74, 6) is -0.0645. The third kappa shape index (κ3) is 4.11. The average Bonchev–Trinajstić information content (AvgIpc) is 3.01. The Morgan fingerprint density at radius 2 is 1.67 bits per heavy atom. The normalized spacial score (nSPS) is 52.0. The monoisotopic (exact) mass is 512 g/mol. The van der Waals surface area contributed by atoms with Crippen molar-refractivity contribution in [2.75, 3.05) is 6.61 Å². The predicted octanol–water partition coefficient (Wildman–Crippen LogP) is 2.22. The van der Waals surface area contributed by atoms with Gasteiger partial charge in [-0.25, -0.2) is 0 Å². The summed E-state index contributed by atoms with van der Waals surface area (Å²) in [7, 11) is 0. The van der Waals surface area contributed by atoms with Gasteiger partial charge in [0.15, 0.2) is 0 Å². The van der Waals surface area contributed by atoms with Crippen molar-refractivity contribution in [2.24, 2.45) is 46.3 Å². The molecule has 0 spiro atoms. The first kappa shape index (κ1) is 28.7. The maximum absolute atomic E-state index is 11.7. The SMILES string of the molecule is CC[C@H](CC[C@@H](C)[C@H]1C(O)C(O)[C@H]2[C@@H]3CC(O)C4(O)CC(O)CC[C@]4(C)[C@H]3CC[C@]12C)C(C)(O)CO. The van der Waals surface area contributed by atoms with Gasteiger partial charge in [0.2, 0.25) is 0 Å². The lowest BCUT2D eigenvalue weighted by Gasteiger charge is -2.65. The van der Waals surface area contributed by atoms with Crippen LogP contribution in [0.15, 0.2) is 0 Å². The molecule has 4 rings (SSSR count). The molecule has 4 fully saturated rings. The average molecular weight is 513 g/mol. The second-order valence-electron chi connectivity index (χ2n) is 14.0. The molecule has 4 aliphatic carbocycles. The summed E-state index contributed by atoms with van der Waals surface area (Å²) < 4.78 is 0. The molecule has 14 atom stereocenters. The molecule has 0 radical (unpaired) electrons. The van der Waals surface area contributed by atoms with Gasteiger partial charge < -0.3 is 35.7 Å². The van der Waals surface area contributed by atoms with Crippen LogP contribution in [-0.4, -0.2) is 78.0 Å². The maximum atomic E-state index is 11.7. The molecule has 210 valence electrons. The molecule has 7 nitrogen and oxygen atoms in total. The Labute approximate surface area is 216 Å². The van der Waals surface area contributed by atoms with E-state index in [4.69, 9.17) is 0 Å². The van der Waals surface area contributed by atoms with Gasteiger partial charge in [0, 0.05) is 11.8 Å². The molecule has 0 bridgehead atoms. The van der Waals surface area contributed by atoms with Crippen LogP contribution in [0.1, 0.15) is 92.4 Å².